The van der Waals surface area contributed by atoms with Crippen LogP contribution in [-0.2, 0) is 11.2 Å². The van der Waals surface area contributed by atoms with E-state index in [0.717, 1.165) is 17.3 Å². The first-order valence-corrected chi connectivity index (χ1v) is 8.72. The maximum absolute atomic E-state index is 12.3. The van der Waals surface area contributed by atoms with E-state index >= 15 is 0 Å². The molecule has 1 aliphatic heterocycles. The van der Waals surface area contributed by atoms with Gasteiger partial charge in [-0.05, 0) is 37.0 Å². The quantitative estimate of drug-likeness (QED) is 0.811. The standard InChI is InChI=1S/C19H23N3O2.2ClH/c23-18-12-22(19(24)10-21-15-5-6-15)11-14(18)9-13-7-8-20-17-4-2-1-3-16(13)17;;/h1-4,7-8,14-15,18,21,23H,5-6,9-12H2;2*1H/t14-,18-;;/m1../s1. The van der Waals surface area contributed by atoms with E-state index in [4.69, 9.17) is 0 Å². The summed E-state index contributed by atoms with van der Waals surface area (Å²) in [5, 5.41) is 14.8. The first-order chi connectivity index (χ1) is 11.7. The molecule has 26 heavy (non-hydrogen) atoms. The summed E-state index contributed by atoms with van der Waals surface area (Å²) in [6.07, 6.45) is 4.48. The van der Waals surface area contributed by atoms with Crippen LogP contribution in [0.2, 0.25) is 0 Å². The Morgan fingerprint density at radius 2 is 1.96 bits per heavy atom. The number of nitrogens with one attached hydrogen (secondary N) is 1. The van der Waals surface area contributed by atoms with E-state index in [1.807, 2.05) is 30.5 Å². The molecule has 2 aliphatic rings. The lowest BCUT2D eigenvalue weighted by molar-refractivity contribution is -0.129. The van der Waals surface area contributed by atoms with Crippen molar-refractivity contribution in [1.82, 2.24) is 15.2 Å². The van der Waals surface area contributed by atoms with E-state index < -0.39 is 6.10 Å². The van der Waals surface area contributed by atoms with Crippen LogP contribution in [0.15, 0.2) is 36.5 Å². The number of hydrogen-bond donors (Lipinski definition) is 2. The fraction of sp³-hybridized carbons (Fsp3) is 0.474. The van der Waals surface area contributed by atoms with Gasteiger partial charge >= 0.3 is 0 Å². The van der Waals surface area contributed by atoms with Gasteiger partial charge in [0.05, 0.1) is 18.2 Å². The average Bonchev–Trinajstić information content (AvgIpc) is 3.36. The van der Waals surface area contributed by atoms with Gasteiger partial charge in [-0.1, -0.05) is 18.2 Å². The molecule has 5 nitrogen and oxygen atoms in total. The molecule has 4 rings (SSSR count). The molecular weight excluding hydrogens is 373 g/mol. The summed E-state index contributed by atoms with van der Waals surface area (Å²) >= 11 is 0. The molecule has 0 spiro atoms. The van der Waals surface area contributed by atoms with Crippen molar-refractivity contribution in [2.75, 3.05) is 19.6 Å². The summed E-state index contributed by atoms with van der Waals surface area (Å²) in [6.45, 7) is 1.46. The highest BCUT2D eigenvalue weighted by molar-refractivity contribution is 5.85. The summed E-state index contributed by atoms with van der Waals surface area (Å²) < 4.78 is 0. The zero-order valence-corrected chi connectivity index (χ0v) is 16.1. The first-order valence-electron chi connectivity index (χ1n) is 8.72. The zero-order chi connectivity index (χ0) is 16.5. The maximum atomic E-state index is 12.3. The molecule has 1 saturated heterocycles. The van der Waals surface area contributed by atoms with E-state index in [0.29, 0.717) is 25.7 Å². The Kier molecular flexibility index (Phi) is 7.24. The summed E-state index contributed by atoms with van der Waals surface area (Å²) in [7, 11) is 0. The fourth-order valence-electron chi connectivity index (χ4n) is 3.50. The Morgan fingerprint density at radius 3 is 2.73 bits per heavy atom. The van der Waals surface area contributed by atoms with Crippen LogP contribution in [-0.4, -0.2) is 52.7 Å². The van der Waals surface area contributed by atoms with Crippen LogP contribution in [0.4, 0.5) is 0 Å². The molecule has 2 N–H and O–H groups in total. The van der Waals surface area contributed by atoms with Gasteiger partial charge in [0.15, 0.2) is 0 Å². The molecule has 2 atom stereocenters. The number of aliphatic hydroxyl groups excluding tert-OH is 1. The predicted octanol–water partition coefficient (Wildman–Crippen LogP) is 2.19. The highest BCUT2D eigenvalue weighted by Crippen LogP contribution is 2.25. The Bertz CT molecular complexity index is 749. The molecule has 2 fully saturated rings. The third-order valence-corrected chi connectivity index (χ3v) is 5.10. The Hall–Kier alpha value is -1.40. The molecule has 1 aliphatic carbocycles. The first kappa shape index (κ1) is 20.9. The van der Waals surface area contributed by atoms with Gasteiger partial charge in [-0.2, -0.15) is 0 Å². The van der Waals surface area contributed by atoms with Crippen molar-refractivity contribution in [3.05, 3.63) is 42.1 Å². The van der Waals surface area contributed by atoms with Crippen LogP contribution in [0.25, 0.3) is 10.9 Å². The van der Waals surface area contributed by atoms with Crippen molar-refractivity contribution >= 4 is 41.6 Å². The van der Waals surface area contributed by atoms with Crippen molar-refractivity contribution in [2.24, 2.45) is 5.92 Å². The average molecular weight is 398 g/mol. The molecular formula is C19H25Cl2N3O2. The molecule has 1 aromatic carbocycles. The van der Waals surface area contributed by atoms with Crippen LogP contribution >= 0.6 is 24.8 Å². The molecule has 2 aromatic rings. The molecule has 2 heterocycles. The van der Waals surface area contributed by atoms with Gasteiger partial charge in [0.2, 0.25) is 5.91 Å². The van der Waals surface area contributed by atoms with E-state index in [-0.39, 0.29) is 36.6 Å². The summed E-state index contributed by atoms with van der Waals surface area (Å²) in [6, 6.07) is 10.6. The van der Waals surface area contributed by atoms with Crippen LogP contribution in [0.5, 0.6) is 0 Å². The molecule has 0 bridgehead atoms. The summed E-state index contributed by atoms with van der Waals surface area (Å²) in [5.41, 5.74) is 2.17. The van der Waals surface area contributed by atoms with Gasteiger partial charge in [0.25, 0.3) is 0 Å². The number of carbonyl (C=O) groups is 1. The third-order valence-electron chi connectivity index (χ3n) is 5.10. The molecule has 142 valence electrons. The van der Waals surface area contributed by atoms with Crippen LogP contribution in [0, 0.1) is 5.92 Å². The largest absolute Gasteiger partial charge is 0.391 e. The predicted molar refractivity (Wildman–Crippen MR) is 107 cm³/mol. The summed E-state index contributed by atoms with van der Waals surface area (Å²) in [5.74, 6) is 0.184. The number of aliphatic hydroxyl groups is 1. The lowest BCUT2D eigenvalue weighted by atomic mass is 9.94. The van der Waals surface area contributed by atoms with E-state index in [9.17, 15) is 9.90 Å². The van der Waals surface area contributed by atoms with Crippen LogP contribution in [0.1, 0.15) is 18.4 Å². The van der Waals surface area contributed by atoms with Gasteiger partial charge in [0, 0.05) is 36.6 Å². The van der Waals surface area contributed by atoms with Crippen molar-refractivity contribution in [1.29, 1.82) is 0 Å². The highest BCUT2D eigenvalue weighted by Gasteiger charge is 2.34. The molecule has 1 saturated carbocycles. The Labute approximate surface area is 166 Å². The number of rotatable bonds is 5. The Balaban J connectivity index is 0.00000121. The third kappa shape index (κ3) is 4.65. The Morgan fingerprint density at radius 1 is 1.19 bits per heavy atom. The number of likely N-dealkylation sites (tertiary alicyclic amines) is 1. The van der Waals surface area contributed by atoms with Gasteiger partial charge in [0.1, 0.15) is 0 Å². The fourth-order valence-corrected chi connectivity index (χ4v) is 3.50. The molecule has 0 unspecified atom stereocenters. The van der Waals surface area contributed by atoms with Crippen molar-refractivity contribution < 1.29 is 9.90 Å². The van der Waals surface area contributed by atoms with Gasteiger partial charge in [-0.25, -0.2) is 0 Å². The molecule has 0 radical (unpaired) electrons. The number of benzene rings is 1. The smallest absolute Gasteiger partial charge is 0.236 e. The topological polar surface area (TPSA) is 65.5 Å². The number of hydrogen-bond acceptors (Lipinski definition) is 4. The molecule has 1 aromatic heterocycles. The van der Waals surface area contributed by atoms with Crippen molar-refractivity contribution in [2.45, 2.75) is 31.4 Å². The van der Waals surface area contributed by atoms with Gasteiger partial charge in [-0.15, -0.1) is 24.8 Å². The monoisotopic (exact) mass is 397 g/mol. The van der Waals surface area contributed by atoms with Gasteiger partial charge in [-0.3, -0.25) is 9.78 Å². The zero-order valence-electron chi connectivity index (χ0n) is 14.5. The number of fused-ring (bicyclic) bond motifs is 1. The van der Waals surface area contributed by atoms with E-state index in [1.54, 1.807) is 4.90 Å². The number of para-hydroxylation sites is 1. The number of pyridine rings is 1. The minimum atomic E-state index is -0.457. The van der Waals surface area contributed by atoms with Gasteiger partial charge < -0.3 is 15.3 Å². The number of halogens is 2. The van der Waals surface area contributed by atoms with Crippen molar-refractivity contribution in [3.8, 4) is 0 Å². The number of aromatic nitrogens is 1. The van der Waals surface area contributed by atoms with Crippen LogP contribution < -0.4 is 5.32 Å². The number of amides is 1. The minimum Gasteiger partial charge on any atom is -0.391 e. The molecule has 7 heteroatoms. The lowest BCUT2D eigenvalue weighted by Gasteiger charge is -2.17. The normalized spacial score (nSPS) is 22.0. The van der Waals surface area contributed by atoms with Crippen LogP contribution in [0.3, 0.4) is 0 Å². The maximum Gasteiger partial charge on any atom is 0.236 e. The van der Waals surface area contributed by atoms with E-state index in [2.05, 4.69) is 16.4 Å². The number of β-amino-alcohol motifs (C(OH)–C–C–N with tert-alkyl or cyclic N) is 1. The number of nitrogens with zero attached hydrogens (tertiary/aromatic N) is 2. The molecule has 1 amide bonds. The SMILES string of the molecule is Cl.Cl.O=C(CNC1CC1)N1C[C@@H](Cc2ccnc3ccccc23)[C@H](O)C1. The second-order valence-corrected chi connectivity index (χ2v) is 6.97. The minimum absolute atomic E-state index is 0. The second-order valence-electron chi connectivity index (χ2n) is 6.97. The second kappa shape index (κ2) is 9.00. The summed E-state index contributed by atoms with van der Waals surface area (Å²) in [4.78, 5) is 18.5. The number of carbonyl (C=O) groups excluding carboxylic acids is 1. The highest BCUT2D eigenvalue weighted by atomic mass is 35.5. The van der Waals surface area contributed by atoms with E-state index in [1.165, 1.54) is 18.4 Å². The lowest BCUT2D eigenvalue weighted by Crippen LogP contribution is -2.38. The van der Waals surface area contributed by atoms with Crippen molar-refractivity contribution in [3.63, 3.8) is 0 Å².